The van der Waals surface area contributed by atoms with E-state index in [4.69, 9.17) is 4.74 Å². The van der Waals surface area contributed by atoms with Crippen LogP contribution in [0.15, 0.2) is 46.9 Å². The zero-order valence-corrected chi connectivity index (χ0v) is 11.5. The molecule has 0 heterocycles. The molecular formula is C14H13BrFNO. The Morgan fingerprint density at radius 1 is 1.22 bits per heavy atom. The van der Waals surface area contributed by atoms with Gasteiger partial charge >= 0.3 is 0 Å². The second-order valence-electron chi connectivity index (χ2n) is 3.79. The summed E-state index contributed by atoms with van der Waals surface area (Å²) < 4.78 is 19.6. The fraction of sp³-hybridized carbons (Fsp3) is 0.143. The van der Waals surface area contributed by atoms with Gasteiger partial charge in [0.05, 0.1) is 12.8 Å². The van der Waals surface area contributed by atoms with E-state index >= 15 is 0 Å². The summed E-state index contributed by atoms with van der Waals surface area (Å²) in [6.07, 6.45) is 0. The molecule has 2 rings (SSSR count). The molecule has 0 saturated heterocycles. The number of methoxy groups -OCH3 is 1. The van der Waals surface area contributed by atoms with Gasteiger partial charge in [-0.05, 0) is 24.3 Å². The lowest BCUT2D eigenvalue weighted by molar-refractivity contribution is 0.416. The van der Waals surface area contributed by atoms with E-state index in [2.05, 4.69) is 21.2 Å². The van der Waals surface area contributed by atoms with Gasteiger partial charge in [-0.25, -0.2) is 4.39 Å². The van der Waals surface area contributed by atoms with E-state index in [1.807, 2.05) is 30.3 Å². The molecule has 4 heteroatoms. The number of ether oxygens (including phenoxy) is 1. The molecule has 0 radical (unpaired) electrons. The van der Waals surface area contributed by atoms with E-state index < -0.39 is 0 Å². The highest BCUT2D eigenvalue weighted by Gasteiger charge is 2.05. The average molecular weight is 310 g/mol. The van der Waals surface area contributed by atoms with Gasteiger partial charge in [-0.1, -0.05) is 34.1 Å². The van der Waals surface area contributed by atoms with Crippen LogP contribution in [0.2, 0.25) is 0 Å². The number of nitrogens with one attached hydrogen (secondary N) is 1. The van der Waals surface area contributed by atoms with Gasteiger partial charge in [-0.2, -0.15) is 0 Å². The monoisotopic (exact) mass is 309 g/mol. The van der Waals surface area contributed by atoms with Crippen LogP contribution in [0, 0.1) is 5.82 Å². The Hall–Kier alpha value is -1.55. The minimum Gasteiger partial charge on any atom is -0.495 e. The van der Waals surface area contributed by atoms with Crippen LogP contribution in [-0.4, -0.2) is 7.11 Å². The first-order valence-electron chi connectivity index (χ1n) is 5.51. The Morgan fingerprint density at radius 3 is 2.72 bits per heavy atom. The van der Waals surface area contributed by atoms with Crippen LogP contribution in [0.4, 0.5) is 10.1 Å². The minimum absolute atomic E-state index is 0.230. The highest BCUT2D eigenvalue weighted by atomic mass is 79.9. The SMILES string of the molecule is COc1ccccc1NCc1ccc(Br)cc1F. The lowest BCUT2D eigenvalue weighted by Crippen LogP contribution is -2.03. The van der Waals surface area contributed by atoms with Crippen molar-refractivity contribution in [1.29, 1.82) is 0 Å². The fourth-order valence-electron chi connectivity index (χ4n) is 1.65. The number of benzene rings is 2. The van der Waals surface area contributed by atoms with Gasteiger partial charge < -0.3 is 10.1 Å². The molecule has 2 aromatic rings. The normalized spacial score (nSPS) is 10.2. The van der Waals surface area contributed by atoms with Gasteiger partial charge in [0, 0.05) is 16.6 Å². The predicted octanol–water partition coefficient (Wildman–Crippen LogP) is 4.21. The van der Waals surface area contributed by atoms with Crippen molar-refractivity contribution < 1.29 is 9.13 Å². The molecule has 0 bridgehead atoms. The van der Waals surface area contributed by atoms with Crippen LogP contribution in [-0.2, 0) is 6.54 Å². The van der Waals surface area contributed by atoms with Gasteiger partial charge in [-0.3, -0.25) is 0 Å². The summed E-state index contributed by atoms with van der Waals surface area (Å²) >= 11 is 3.23. The van der Waals surface area contributed by atoms with E-state index in [1.165, 1.54) is 6.07 Å². The first-order valence-corrected chi connectivity index (χ1v) is 6.31. The van der Waals surface area contributed by atoms with Crippen molar-refractivity contribution in [2.45, 2.75) is 6.54 Å². The maximum absolute atomic E-state index is 13.6. The Bertz CT molecular complexity index is 545. The highest BCUT2D eigenvalue weighted by Crippen LogP contribution is 2.24. The average Bonchev–Trinajstić information content (AvgIpc) is 2.38. The van der Waals surface area contributed by atoms with Gasteiger partial charge in [-0.15, -0.1) is 0 Å². The second kappa shape index (κ2) is 5.87. The number of hydrogen-bond donors (Lipinski definition) is 1. The second-order valence-corrected chi connectivity index (χ2v) is 4.71. The Labute approximate surface area is 114 Å². The number of halogens is 2. The fourth-order valence-corrected chi connectivity index (χ4v) is 1.98. The molecule has 94 valence electrons. The summed E-state index contributed by atoms with van der Waals surface area (Å²) in [6.45, 7) is 0.416. The van der Waals surface area contributed by atoms with Crippen LogP contribution >= 0.6 is 15.9 Å². The van der Waals surface area contributed by atoms with E-state index in [1.54, 1.807) is 13.2 Å². The van der Waals surface area contributed by atoms with Gasteiger partial charge in [0.15, 0.2) is 0 Å². The molecule has 0 atom stereocenters. The Kier molecular flexibility index (Phi) is 4.20. The highest BCUT2D eigenvalue weighted by molar-refractivity contribution is 9.10. The molecule has 0 aliphatic heterocycles. The first kappa shape index (κ1) is 12.9. The van der Waals surface area contributed by atoms with Gasteiger partial charge in [0.25, 0.3) is 0 Å². The molecule has 0 aliphatic rings. The summed E-state index contributed by atoms with van der Waals surface area (Å²) in [7, 11) is 1.61. The Balaban J connectivity index is 2.11. The van der Waals surface area contributed by atoms with Crippen LogP contribution in [0.25, 0.3) is 0 Å². The summed E-state index contributed by atoms with van der Waals surface area (Å²) in [4.78, 5) is 0. The van der Waals surface area contributed by atoms with E-state index in [0.717, 1.165) is 15.9 Å². The molecule has 0 aliphatic carbocycles. The van der Waals surface area contributed by atoms with Crippen molar-refractivity contribution in [3.63, 3.8) is 0 Å². The van der Waals surface area contributed by atoms with Crippen molar-refractivity contribution in [2.24, 2.45) is 0 Å². The van der Waals surface area contributed by atoms with Crippen molar-refractivity contribution in [2.75, 3.05) is 12.4 Å². The maximum atomic E-state index is 13.6. The third-order valence-electron chi connectivity index (χ3n) is 2.59. The smallest absolute Gasteiger partial charge is 0.141 e. The molecular weight excluding hydrogens is 297 g/mol. The van der Waals surface area contributed by atoms with Crippen LogP contribution in [0.1, 0.15) is 5.56 Å². The van der Waals surface area contributed by atoms with Crippen molar-refractivity contribution in [3.8, 4) is 5.75 Å². The maximum Gasteiger partial charge on any atom is 0.141 e. The van der Waals surface area contributed by atoms with Gasteiger partial charge in [0.2, 0.25) is 0 Å². The molecule has 0 fully saturated rings. The molecule has 0 unspecified atom stereocenters. The van der Waals surface area contributed by atoms with E-state index in [0.29, 0.717) is 12.1 Å². The third kappa shape index (κ3) is 3.01. The molecule has 0 saturated carbocycles. The van der Waals surface area contributed by atoms with Crippen LogP contribution in [0.3, 0.4) is 0 Å². The lowest BCUT2D eigenvalue weighted by Gasteiger charge is -2.11. The summed E-state index contributed by atoms with van der Waals surface area (Å²) in [5.74, 6) is 0.516. The number of para-hydroxylation sites is 2. The Morgan fingerprint density at radius 2 is 2.00 bits per heavy atom. The molecule has 18 heavy (non-hydrogen) atoms. The van der Waals surface area contributed by atoms with Crippen LogP contribution < -0.4 is 10.1 Å². The molecule has 2 aromatic carbocycles. The number of hydrogen-bond acceptors (Lipinski definition) is 2. The number of rotatable bonds is 4. The van der Waals surface area contributed by atoms with E-state index in [-0.39, 0.29) is 5.82 Å². The minimum atomic E-state index is -0.230. The standard InChI is InChI=1S/C14H13BrFNO/c1-18-14-5-3-2-4-13(14)17-9-10-6-7-11(15)8-12(10)16/h2-8,17H,9H2,1H3. The molecule has 0 spiro atoms. The lowest BCUT2D eigenvalue weighted by atomic mass is 10.2. The molecule has 2 nitrogen and oxygen atoms in total. The quantitative estimate of drug-likeness (QED) is 0.913. The first-order chi connectivity index (χ1) is 8.70. The molecule has 0 aromatic heterocycles. The third-order valence-corrected chi connectivity index (χ3v) is 3.08. The number of anilines is 1. The van der Waals surface area contributed by atoms with Crippen molar-refractivity contribution >= 4 is 21.6 Å². The summed E-state index contributed by atoms with van der Waals surface area (Å²) in [6, 6.07) is 12.6. The summed E-state index contributed by atoms with van der Waals surface area (Å²) in [5.41, 5.74) is 1.46. The topological polar surface area (TPSA) is 21.3 Å². The molecule has 1 N–H and O–H groups in total. The van der Waals surface area contributed by atoms with Gasteiger partial charge in [0.1, 0.15) is 11.6 Å². The predicted molar refractivity (Wildman–Crippen MR) is 74.4 cm³/mol. The zero-order chi connectivity index (χ0) is 13.0. The van der Waals surface area contributed by atoms with Crippen molar-refractivity contribution in [3.05, 3.63) is 58.3 Å². The summed E-state index contributed by atoms with van der Waals surface area (Å²) in [5, 5.41) is 3.16. The van der Waals surface area contributed by atoms with Crippen LogP contribution in [0.5, 0.6) is 5.75 Å². The molecule has 0 amide bonds. The van der Waals surface area contributed by atoms with E-state index in [9.17, 15) is 4.39 Å². The largest absolute Gasteiger partial charge is 0.495 e. The van der Waals surface area contributed by atoms with Crippen molar-refractivity contribution in [1.82, 2.24) is 0 Å². The zero-order valence-electron chi connectivity index (χ0n) is 9.91.